The van der Waals surface area contributed by atoms with E-state index in [1.54, 1.807) is 0 Å². The van der Waals surface area contributed by atoms with Gasteiger partial charge in [0.1, 0.15) is 0 Å². The second kappa shape index (κ2) is 4.86. The Balaban J connectivity index is 1.73. The predicted octanol–water partition coefficient (Wildman–Crippen LogP) is 1.86. The number of hydrogen-bond donors (Lipinski definition) is 1. The number of ether oxygens (including phenoxy) is 1. The van der Waals surface area contributed by atoms with Crippen LogP contribution in [-0.4, -0.2) is 30.3 Å². The highest BCUT2D eigenvalue weighted by Crippen LogP contribution is 2.29. The molecule has 3 heterocycles. The summed E-state index contributed by atoms with van der Waals surface area (Å²) in [5, 5.41) is 0. The standard InChI is InChI=1S/C14H21N3O/c1-2-13(15)14-6-3-10(7-16-14)17-8-11-4-5-12(9-17)18-11/h3,6-7,11-13H,2,4-5,8-9,15H2,1H3/t11?,12?,13-/m1/s1. The van der Waals surface area contributed by atoms with Crippen LogP contribution in [0.4, 0.5) is 5.69 Å². The van der Waals surface area contributed by atoms with E-state index in [-0.39, 0.29) is 6.04 Å². The van der Waals surface area contributed by atoms with E-state index < -0.39 is 0 Å². The molecule has 4 nitrogen and oxygen atoms in total. The molecule has 0 aliphatic carbocycles. The van der Waals surface area contributed by atoms with Crippen molar-refractivity contribution in [2.75, 3.05) is 18.0 Å². The molecule has 4 heteroatoms. The third kappa shape index (κ3) is 2.22. The van der Waals surface area contributed by atoms with Crippen LogP contribution in [-0.2, 0) is 4.74 Å². The van der Waals surface area contributed by atoms with Crippen LogP contribution in [0.2, 0.25) is 0 Å². The molecule has 2 aliphatic heterocycles. The van der Waals surface area contributed by atoms with Crippen molar-refractivity contribution in [1.82, 2.24) is 4.98 Å². The van der Waals surface area contributed by atoms with Crippen LogP contribution >= 0.6 is 0 Å². The van der Waals surface area contributed by atoms with Gasteiger partial charge in [-0.1, -0.05) is 6.92 Å². The summed E-state index contributed by atoms with van der Waals surface area (Å²) in [6, 6.07) is 4.25. The van der Waals surface area contributed by atoms with E-state index in [2.05, 4.69) is 28.9 Å². The van der Waals surface area contributed by atoms with Crippen LogP contribution in [0.1, 0.15) is 37.9 Å². The topological polar surface area (TPSA) is 51.4 Å². The van der Waals surface area contributed by atoms with Crippen molar-refractivity contribution in [3.8, 4) is 0 Å². The Bertz CT molecular complexity index is 394. The summed E-state index contributed by atoms with van der Waals surface area (Å²) in [6.45, 7) is 4.08. The summed E-state index contributed by atoms with van der Waals surface area (Å²) >= 11 is 0. The monoisotopic (exact) mass is 247 g/mol. The highest BCUT2D eigenvalue weighted by atomic mass is 16.5. The second-order valence-electron chi connectivity index (χ2n) is 5.32. The van der Waals surface area contributed by atoms with E-state index in [1.165, 1.54) is 18.5 Å². The normalized spacial score (nSPS) is 28.4. The summed E-state index contributed by atoms with van der Waals surface area (Å²) in [4.78, 5) is 6.88. The Morgan fingerprint density at radius 2 is 2.11 bits per heavy atom. The molecule has 0 saturated carbocycles. The van der Waals surface area contributed by atoms with E-state index in [9.17, 15) is 0 Å². The molecule has 1 aromatic rings. The van der Waals surface area contributed by atoms with Gasteiger partial charge < -0.3 is 15.4 Å². The molecule has 2 fully saturated rings. The lowest BCUT2D eigenvalue weighted by molar-refractivity contribution is 0.0305. The zero-order valence-corrected chi connectivity index (χ0v) is 10.9. The van der Waals surface area contributed by atoms with Gasteiger partial charge in [0.15, 0.2) is 0 Å². The van der Waals surface area contributed by atoms with Crippen molar-refractivity contribution in [2.24, 2.45) is 5.73 Å². The SMILES string of the molecule is CC[C@@H](N)c1ccc(N2CC3CCC(C2)O3)cn1. The zero-order valence-electron chi connectivity index (χ0n) is 10.9. The van der Waals surface area contributed by atoms with Gasteiger partial charge in [-0.25, -0.2) is 0 Å². The predicted molar refractivity (Wildman–Crippen MR) is 71.6 cm³/mol. The van der Waals surface area contributed by atoms with Gasteiger partial charge >= 0.3 is 0 Å². The number of anilines is 1. The van der Waals surface area contributed by atoms with Gasteiger partial charge in [0.2, 0.25) is 0 Å². The molecule has 1 aromatic heterocycles. The van der Waals surface area contributed by atoms with Crippen LogP contribution < -0.4 is 10.6 Å². The van der Waals surface area contributed by atoms with Crippen LogP contribution in [0.3, 0.4) is 0 Å². The number of morpholine rings is 1. The van der Waals surface area contributed by atoms with Crippen molar-refractivity contribution >= 4 is 5.69 Å². The maximum Gasteiger partial charge on any atom is 0.0755 e. The maximum atomic E-state index is 5.98. The number of nitrogens with zero attached hydrogens (tertiary/aromatic N) is 2. The first-order valence-electron chi connectivity index (χ1n) is 6.88. The van der Waals surface area contributed by atoms with Crippen LogP contribution in [0.5, 0.6) is 0 Å². The summed E-state index contributed by atoms with van der Waals surface area (Å²) in [5.74, 6) is 0. The fourth-order valence-electron chi connectivity index (χ4n) is 2.84. The molecule has 2 saturated heterocycles. The molecular formula is C14H21N3O. The minimum Gasteiger partial charge on any atom is -0.371 e. The number of fused-ring (bicyclic) bond motifs is 2. The molecule has 2 unspecified atom stereocenters. The largest absolute Gasteiger partial charge is 0.371 e. The fraction of sp³-hybridized carbons (Fsp3) is 0.643. The van der Waals surface area contributed by atoms with Crippen molar-refractivity contribution in [2.45, 2.75) is 44.4 Å². The zero-order chi connectivity index (χ0) is 12.5. The molecule has 0 aromatic carbocycles. The van der Waals surface area contributed by atoms with Crippen molar-refractivity contribution in [3.63, 3.8) is 0 Å². The van der Waals surface area contributed by atoms with Crippen LogP contribution in [0, 0.1) is 0 Å². The van der Waals surface area contributed by atoms with E-state index in [0.29, 0.717) is 12.2 Å². The molecule has 3 rings (SSSR count). The van der Waals surface area contributed by atoms with E-state index in [4.69, 9.17) is 10.5 Å². The molecule has 3 atom stereocenters. The summed E-state index contributed by atoms with van der Waals surface area (Å²) in [5.41, 5.74) is 8.16. The minimum absolute atomic E-state index is 0.0555. The lowest BCUT2D eigenvalue weighted by Gasteiger charge is -2.33. The molecule has 2 bridgehead atoms. The first-order chi connectivity index (χ1) is 8.76. The highest BCUT2D eigenvalue weighted by Gasteiger charge is 2.33. The smallest absolute Gasteiger partial charge is 0.0755 e. The number of pyridine rings is 1. The van der Waals surface area contributed by atoms with Gasteiger partial charge in [0, 0.05) is 19.1 Å². The molecule has 0 amide bonds. The number of hydrogen-bond acceptors (Lipinski definition) is 4. The Morgan fingerprint density at radius 1 is 1.39 bits per heavy atom. The fourth-order valence-corrected chi connectivity index (χ4v) is 2.84. The minimum atomic E-state index is 0.0555. The summed E-state index contributed by atoms with van der Waals surface area (Å²) in [7, 11) is 0. The van der Waals surface area contributed by atoms with Gasteiger partial charge in [-0.3, -0.25) is 4.98 Å². The van der Waals surface area contributed by atoms with E-state index >= 15 is 0 Å². The van der Waals surface area contributed by atoms with Crippen LogP contribution in [0.15, 0.2) is 18.3 Å². The first kappa shape index (κ1) is 11.9. The Kier molecular flexibility index (Phi) is 3.22. The molecule has 98 valence electrons. The maximum absolute atomic E-state index is 5.98. The molecule has 18 heavy (non-hydrogen) atoms. The molecular weight excluding hydrogens is 226 g/mol. The van der Waals surface area contributed by atoms with Gasteiger partial charge in [-0.05, 0) is 31.4 Å². The van der Waals surface area contributed by atoms with Crippen molar-refractivity contribution in [3.05, 3.63) is 24.0 Å². The number of nitrogens with two attached hydrogens (primary N) is 1. The first-order valence-corrected chi connectivity index (χ1v) is 6.88. The van der Waals surface area contributed by atoms with E-state index in [1.807, 2.05) is 6.20 Å². The highest BCUT2D eigenvalue weighted by molar-refractivity contribution is 5.46. The molecule has 2 aliphatic rings. The van der Waals surface area contributed by atoms with Crippen molar-refractivity contribution in [1.29, 1.82) is 0 Å². The van der Waals surface area contributed by atoms with Gasteiger partial charge in [-0.2, -0.15) is 0 Å². The molecule has 0 spiro atoms. The quantitative estimate of drug-likeness (QED) is 0.885. The Hall–Kier alpha value is -1.13. The number of aromatic nitrogens is 1. The van der Waals surface area contributed by atoms with E-state index in [0.717, 1.165) is 25.2 Å². The molecule has 2 N–H and O–H groups in total. The summed E-state index contributed by atoms with van der Waals surface area (Å²) < 4.78 is 5.85. The lowest BCUT2D eigenvalue weighted by Crippen LogP contribution is -2.42. The Labute approximate surface area is 108 Å². The number of rotatable bonds is 3. The second-order valence-corrected chi connectivity index (χ2v) is 5.32. The van der Waals surface area contributed by atoms with Gasteiger partial charge in [0.05, 0.1) is 29.8 Å². The average Bonchev–Trinajstić information content (AvgIpc) is 2.77. The molecule has 0 radical (unpaired) electrons. The lowest BCUT2D eigenvalue weighted by atomic mass is 10.1. The third-order valence-electron chi connectivity index (χ3n) is 4.00. The van der Waals surface area contributed by atoms with Gasteiger partial charge in [-0.15, -0.1) is 0 Å². The van der Waals surface area contributed by atoms with Crippen molar-refractivity contribution < 1.29 is 4.74 Å². The van der Waals surface area contributed by atoms with Crippen LogP contribution in [0.25, 0.3) is 0 Å². The Morgan fingerprint density at radius 3 is 2.67 bits per heavy atom. The summed E-state index contributed by atoms with van der Waals surface area (Å²) in [6.07, 6.45) is 6.12. The average molecular weight is 247 g/mol. The van der Waals surface area contributed by atoms with Gasteiger partial charge in [0.25, 0.3) is 0 Å². The third-order valence-corrected chi connectivity index (χ3v) is 4.00.